The first-order valence-corrected chi connectivity index (χ1v) is 7.62. The number of hydrogen-bond donors (Lipinski definition) is 1. The lowest BCUT2D eigenvalue weighted by atomic mass is 10.1. The molecule has 0 radical (unpaired) electrons. The quantitative estimate of drug-likeness (QED) is 0.748. The number of carbonyl (C=O) groups excluding carboxylic acids is 2. The fourth-order valence-electron chi connectivity index (χ4n) is 2.02. The Labute approximate surface area is 127 Å². The maximum absolute atomic E-state index is 11.8. The van der Waals surface area contributed by atoms with Crippen LogP contribution in [-0.4, -0.2) is 37.4 Å². The molecule has 4 nitrogen and oxygen atoms in total. The van der Waals surface area contributed by atoms with Crippen LogP contribution < -0.4 is 5.32 Å². The van der Waals surface area contributed by atoms with Gasteiger partial charge in [0, 0.05) is 32.6 Å². The van der Waals surface area contributed by atoms with E-state index in [9.17, 15) is 9.59 Å². The molecule has 0 aliphatic heterocycles. The van der Waals surface area contributed by atoms with Crippen molar-refractivity contribution >= 4 is 11.8 Å². The highest BCUT2D eigenvalue weighted by Crippen LogP contribution is 2.08. The Morgan fingerprint density at radius 1 is 1.10 bits per heavy atom. The van der Waals surface area contributed by atoms with Crippen molar-refractivity contribution < 1.29 is 9.59 Å². The fourth-order valence-corrected chi connectivity index (χ4v) is 2.02. The average Bonchev–Trinajstić information content (AvgIpc) is 2.49. The molecule has 0 unspecified atom stereocenters. The summed E-state index contributed by atoms with van der Waals surface area (Å²) in [6.07, 6.45) is 4.56. The van der Waals surface area contributed by atoms with Crippen LogP contribution in [0.1, 0.15) is 48.5 Å². The zero-order valence-electron chi connectivity index (χ0n) is 13.3. The van der Waals surface area contributed by atoms with Gasteiger partial charge in [0.2, 0.25) is 5.91 Å². The zero-order chi connectivity index (χ0) is 15.7. The number of rotatable bonds is 8. The molecule has 0 bridgehead atoms. The van der Waals surface area contributed by atoms with E-state index < -0.39 is 0 Å². The molecule has 0 heterocycles. The zero-order valence-corrected chi connectivity index (χ0v) is 13.3. The number of nitrogens with zero attached hydrogens (tertiary/aromatic N) is 1. The number of unbranched alkanes of at least 4 members (excludes halogenated alkanes) is 2. The van der Waals surface area contributed by atoms with E-state index in [-0.39, 0.29) is 11.8 Å². The van der Waals surface area contributed by atoms with E-state index in [1.54, 1.807) is 19.0 Å². The minimum absolute atomic E-state index is 0.00443. The topological polar surface area (TPSA) is 49.4 Å². The molecule has 0 aliphatic rings. The van der Waals surface area contributed by atoms with Crippen LogP contribution in [0.25, 0.3) is 0 Å². The summed E-state index contributed by atoms with van der Waals surface area (Å²) in [6, 6.07) is 7.47. The third-order valence-electron chi connectivity index (χ3n) is 3.35. The van der Waals surface area contributed by atoms with Crippen molar-refractivity contribution in [3.05, 3.63) is 35.4 Å². The van der Waals surface area contributed by atoms with E-state index in [4.69, 9.17) is 0 Å². The number of aryl methyl sites for hydroxylation is 1. The van der Waals surface area contributed by atoms with Crippen LogP contribution in [0.3, 0.4) is 0 Å². The molecule has 0 aromatic heterocycles. The highest BCUT2D eigenvalue weighted by atomic mass is 16.2. The summed E-state index contributed by atoms with van der Waals surface area (Å²) in [5.74, 6) is 0.0924. The predicted octanol–water partition coefficient (Wildman–Crippen LogP) is 2.63. The molecule has 1 N–H and O–H groups in total. The fraction of sp³-hybridized carbons (Fsp3) is 0.529. The van der Waals surface area contributed by atoms with Crippen LogP contribution >= 0.6 is 0 Å². The van der Waals surface area contributed by atoms with E-state index in [1.807, 2.05) is 24.3 Å². The summed E-state index contributed by atoms with van der Waals surface area (Å²) >= 11 is 0. The molecular weight excluding hydrogens is 264 g/mol. The summed E-state index contributed by atoms with van der Waals surface area (Å²) in [7, 11) is 3.47. The van der Waals surface area contributed by atoms with Gasteiger partial charge in [-0.15, -0.1) is 0 Å². The van der Waals surface area contributed by atoms with E-state index in [2.05, 4.69) is 12.2 Å². The monoisotopic (exact) mass is 290 g/mol. The van der Waals surface area contributed by atoms with Gasteiger partial charge in [0.25, 0.3) is 5.91 Å². The first-order valence-electron chi connectivity index (χ1n) is 7.62. The summed E-state index contributed by atoms with van der Waals surface area (Å²) in [4.78, 5) is 25.0. The van der Waals surface area contributed by atoms with Gasteiger partial charge in [-0.05, 0) is 30.5 Å². The molecule has 0 aliphatic carbocycles. The minimum Gasteiger partial charge on any atom is -0.356 e. The molecule has 0 spiro atoms. The summed E-state index contributed by atoms with van der Waals surface area (Å²) in [5, 5.41) is 2.93. The summed E-state index contributed by atoms with van der Waals surface area (Å²) in [6.45, 7) is 2.91. The van der Waals surface area contributed by atoms with Gasteiger partial charge in [-0.25, -0.2) is 0 Å². The molecule has 1 aromatic rings. The number of hydrogen-bond acceptors (Lipinski definition) is 2. The number of nitrogens with one attached hydrogen (secondary N) is 1. The second kappa shape index (κ2) is 9.16. The number of carbonyl (C=O) groups is 2. The van der Waals surface area contributed by atoms with E-state index in [0.717, 1.165) is 31.4 Å². The van der Waals surface area contributed by atoms with Crippen LogP contribution in [0.4, 0.5) is 0 Å². The van der Waals surface area contributed by atoms with E-state index in [1.165, 1.54) is 0 Å². The standard InChI is InChI=1S/C17H26N2O2/c1-4-5-6-13-18-16(20)12-9-14-7-10-15(11-8-14)17(21)19(2)3/h7-8,10-11H,4-6,9,12-13H2,1-3H3,(H,18,20). The lowest BCUT2D eigenvalue weighted by Crippen LogP contribution is -2.24. The van der Waals surface area contributed by atoms with Gasteiger partial charge >= 0.3 is 0 Å². The van der Waals surface area contributed by atoms with Gasteiger partial charge in [-0.2, -0.15) is 0 Å². The molecule has 21 heavy (non-hydrogen) atoms. The van der Waals surface area contributed by atoms with Gasteiger partial charge in [-0.1, -0.05) is 31.9 Å². The van der Waals surface area contributed by atoms with Gasteiger partial charge in [0.15, 0.2) is 0 Å². The second-order valence-corrected chi connectivity index (χ2v) is 5.45. The Kier molecular flexibility index (Phi) is 7.51. The maximum atomic E-state index is 11.8. The first-order chi connectivity index (χ1) is 10.0. The Bertz CT molecular complexity index is 452. The van der Waals surface area contributed by atoms with Crippen molar-refractivity contribution in [3.8, 4) is 0 Å². The van der Waals surface area contributed by atoms with Crippen LogP contribution in [-0.2, 0) is 11.2 Å². The number of amides is 2. The third-order valence-corrected chi connectivity index (χ3v) is 3.35. The van der Waals surface area contributed by atoms with Crippen molar-refractivity contribution in [1.82, 2.24) is 10.2 Å². The maximum Gasteiger partial charge on any atom is 0.253 e. The Balaban J connectivity index is 2.35. The Morgan fingerprint density at radius 3 is 2.33 bits per heavy atom. The molecule has 1 rings (SSSR count). The molecule has 116 valence electrons. The summed E-state index contributed by atoms with van der Waals surface area (Å²) in [5.41, 5.74) is 1.75. The van der Waals surface area contributed by atoms with Crippen molar-refractivity contribution in [2.24, 2.45) is 0 Å². The predicted molar refractivity (Wildman–Crippen MR) is 85.3 cm³/mol. The highest BCUT2D eigenvalue weighted by molar-refractivity contribution is 5.93. The van der Waals surface area contributed by atoms with Gasteiger partial charge < -0.3 is 10.2 Å². The molecular formula is C17H26N2O2. The molecule has 0 saturated carbocycles. The van der Waals surface area contributed by atoms with Gasteiger partial charge in [-0.3, -0.25) is 9.59 Å². The minimum atomic E-state index is -0.00443. The first kappa shape index (κ1) is 17.2. The lowest BCUT2D eigenvalue weighted by Gasteiger charge is -2.10. The van der Waals surface area contributed by atoms with Crippen LogP contribution in [0, 0.1) is 0 Å². The molecule has 4 heteroatoms. The van der Waals surface area contributed by atoms with Gasteiger partial charge in [0.1, 0.15) is 0 Å². The number of benzene rings is 1. The van der Waals surface area contributed by atoms with Gasteiger partial charge in [0.05, 0.1) is 0 Å². The van der Waals surface area contributed by atoms with Crippen LogP contribution in [0.2, 0.25) is 0 Å². The van der Waals surface area contributed by atoms with E-state index >= 15 is 0 Å². The van der Waals surface area contributed by atoms with Crippen molar-refractivity contribution in [2.75, 3.05) is 20.6 Å². The van der Waals surface area contributed by atoms with Crippen LogP contribution in [0.5, 0.6) is 0 Å². The lowest BCUT2D eigenvalue weighted by molar-refractivity contribution is -0.121. The van der Waals surface area contributed by atoms with E-state index in [0.29, 0.717) is 18.4 Å². The smallest absolute Gasteiger partial charge is 0.253 e. The highest BCUT2D eigenvalue weighted by Gasteiger charge is 2.07. The summed E-state index contributed by atoms with van der Waals surface area (Å²) < 4.78 is 0. The van der Waals surface area contributed by atoms with Crippen LogP contribution in [0.15, 0.2) is 24.3 Å². The molecule has 0 saturated heterocycles. The Morgan fingerprint density at radius 2 is 1.76 bits per heavy atom. The molecule has 2 amide bonds. The second-order valence-electron chi connectivity index (χ2n) is 5.45. The van der Waals surface area contributed by atoms with Crippen molar-refractivity contribution in [2.45, 2.75) is 39.0 Å². The van der Waals surface area contributed by atoms with Crippen molar-refractivity contribution in [1.29, 1.82) is 0 Å². The molecule has 0 atom stereocenters. The molecule has 0 fully saturated rings. The largest absolute Gasteiger partial charge is 0.356 e. The SMILES string of the molecule is CCCCCNC(=O)CCc1ccc(C(=O)N(C)C)cc1. The molecule has 1 aromatic carbocycles. The normalized spacial score (nSPS) is 10.2. The Hall–Kier alpha value is -1.84. The third kappa shape index (κ3) is 6.43. The average molecular weight is 290 g/mol. The van der Waals surface area contributed by atoms with Crippen molar-refractivity contribution in [3.63, 3.8) is 0 Å².